The molecule has 7 nitrogen and oxygen atoms in total. The number of carbonyl (C=O) groups is 1. The molecule has 2 heterocycles. The van der Waals surface area contributed by atoms with Gasteiger partial charge in [-0.15, -0.1) is 11.3 Å². The fourth-order valence-corrected chi connectivity index (χ4v) is 4.73. The number of aromatic nitrogens is 3. The van der Waals surface area contributed by atoms with Crippen LogP contribution in [0.1, 0.15) is 5.56 Å². The zero-order valence-electron chi connectivity index (χ0n) is 16.6. The fraction of sp³-hybridized carbons (Fsp3) is 0.0909. The second-order valence-corrected chi connectivity index (χ2v) is 8.40. The Labute approximate surface area is 186 Å². The predicted molar refractivity (Wildman–Crippen MR) is 119 cm³/mol. The van der Waals surface area contributed by atoms with Gasteiger partial charge in [-0.05, 0) is 30.0 Å². The number of hydrogen-bond donors (Lipinski definition) is 0. The zero-order chi connectivity index (χ0) is 21.6. The third kappa shape index (κ3) is 4.84. The molecule has 0 radical (unpaired) electrons. The van der Waals surface area contributed by atoms with Gasteiger partial charge in [0.15, 0.2) is 4.34 Å². The summed E-state index contributed by atoms with van der Waals surface area (Å²) >= 11 is 3.03. The van der Waals surface area contributed by atoms with E-state index in [1.54, 1.807) is 41.7 Å². The summed E-state index contributed by atoms with van der Waals surface area (Å²) in [5.41, 5.74) is 1.71. The fourth-order valence-electron chi connectivity index (χ4n) is 2.76. The van der Waals surface area contributed by atoms with Crippen LogP contribution in [0.3, 0.4) is 0 Å². The highest BCUT2D eigenvalue weighted by molar-refractivity contribution is 8.01. The monoisotopic (exact) mass is 451 g/mol. The number of rotatable bonds is 7. The van der Waals surface area contributed by atoms with Crippen LogP contribution in [0.2, 0.25) is 0 Å². The van der Waals surface area contributed by atoms with E-state index in [4.69, 9.17) is 14.2 Å². The van der Waals surface area contributed by atoms with Crippen LogP contribution in [0.15, 0.2) is 76.6 Å². The van der Waals surface area contributed by atoms with E-state index in [0.717, 1.165) is 14.6 Å². The average molecular weight is 452 g/mol. The third-order valence-electron chi connectivity index (χ3n) is 4.12. The van der Waals surface area contributed by atoms with Gasteiger partial charge >= 0.3 is 5.97 Å². The van der Waals surface area contributed by atoms with E-state index in [-0.39, 0.29) is 5.57 Å². The second kappa shape index (κ2) is 9.59. The molecular formula is C22H17N3O4S2. The summed E-state index contributed by atoms with van der Waals surface area (Å²) in [5.74, 6) is 0.242. The lowest BCUT2D eigenvalue weighted by atomic mass is 10.1. The van der Waals surface area contributed by atoms with Crippen LogP contribution in [0.5, 0.6) is 11.6 Å². The molecule has 0 aliphatic rings. The SMILES string of the molecule is COC=C(C(=O)OC)c1ccccc1Oc1cc(Sc2nc3ccccc3s2)ncn1. The highest BCUT2D eigenvalue weighted by Crippen LogP contribution is 2.35. The van der Waals surface area contributed by atoms with E-state index in [1.807, 2.05) is 24.3 Å². The quantitative estimate of drug-likeness (QED) is 0.164. The van der Waals surface area contributed by atoms with E-state index in [2.05, 4.69) is 15.0 Å². The van der Waals surface area contributed by atoms with Gasteiger partial charge in [0.25, 0.3) is 0 Å². The molecule has 0 aliphatic carbocycles. The highest BCUT2D eigenvalue weighted by atomic mass is 32.2. The highest BCUT2D eigenvalue weighted by Gasteiger charge is 2.18. The molecule has 0 spiro atoms. The minimum absolute atomic E-state index is 0.235. The van der Waals surface area contributed by atoms with Crippen molar-refractivity contribution >= 4 is 44.9 Å². The number of hydrogen-bond acceptors (Lipinski definition) is 9. The van der Waals surface area contributed by atoms with Crippen molar-refractivity contribution in [3.63, 3.8) is 0 Å². The van der Waals surface area contributed by atoms with Crippen molar-refractivity contribution in [2.45, 2.75) is 9.37 Å². The lowest BCUT2D eigenvalue weighted by molar-refractivity contribution is -0.133. The van der Waals surface area contributed by atoms with Gasteiger partial charge in [-0.1, -0.05) is 30.3 Å². The number of para-hydroxylation sites is 2. The molecular weight excluding hydrogens is 434 g/mol. The number of carbonyl (C=O) groups excluding carboxylic acids is 1. The Kier molecular flexibility index (Phi) is 6.44. The first-order chi connectivity index (χ1) is 15.2. The average Bonchev–Trinajstić information content (AvgIpc) is 3.20. The molecule has 0 N–H and O–H groups in total. The summed E-state index contributed by atoms with van der Waals surface area (Å²) in [7, 11) is 2.77. The molecule has 0 saturated carbocycles. The first kappa shape index (κ1) is 20.8. The van der Waals surface area contributed by atoms with Crippen molar-refractivity contribution in [1.29, 1.82) is 0 Å². The third-order valence-corrected chi connectivity index (χ3v) is 6.15. The van der Waals surface area contributed by atoms with Crippen molar-refractivity contribution in [2.24, 2.45) is 0 Å². The van der Waals surface area contributed by atoms with Gasteiger partial charge in [-0.25, -0.2) is 19.7 Å². The van der Waals surface area contributed by atoms with Crippen LogP contribution in [0.25, 0.3) is 15.8 Å². The summed E-state index contributed by atoms with van der Waals surface area (Å²) in [4.78, 5) is 25.3. The van der Waals surface area contributed by atoms with Gasteiger partial charge in [-0.3, -0.25) is 0 Å². The summed E-state index contributed by atoms with van der Waals surface area (Å²) in [6, 6.07) is 16.8. The minimum atomic E-state index is -0.535. The van der Waals surface area contributed by atoms with Crippen molar-refractivity contribution in [1.82, 2.24) is 15.0 Å². The Hall–Kier alpha value is -3.43. The lowest BCUT2D eigenvalue weighted by Crippen LogP contribution is -2.06. The van der Waals surface area contributed by atoms with Gasteiger partial charge in [0, 0.05) is 11.6 Å². The molecule has 0 amide bonds. The van der Waals surface area contributed by atoms with Gasteiger partial charge in [-0.2, -0.15) is 0 Å². The van der Waals surface area contributed by atoms with E-state index in [9.17, 15) is 4.79 Å². The van der Waals surface area contributed by atoms with E-state index in [0.29, 0.717) is 22.2 Å². The van der Waals surface area contributed by atoms with Crippen LogP contribution in [-0.4, -0.2) is 35.1 Å². The molecule has 0 unspecified atom stereocenters. The normalized spacial score (nSPS) is 11.4. The van der Waals surface area contributed by atoms with Crippen LogP contribution in [0.4, 0.5) is 0 Å². The van der Waals surface area contributed by atoms with E-state index in [1.165, 1.54) is 38.6 Å². The summed E-state index contributed by atoms with van der Waals surface area (Å²) < 4.78 is 17.9. The summed E-state index contributed by atoms with van der Waals surface area (Å²) in [6.45, 7) is 0. The first-order valence-electron chi connectivity index (χ1n) is 9.12. The van der Waals surface area contributed by atoms with E-state index >= 15 is 0 Å². The van der Waals surface area contributed by atoms with E-state index < -0.39 is 5.97 Å². The standard InChI is InChI=1S/C22H17N3O4S2/c1-27-12-15(21(26)28-2)14-7-3-5-9-17(14)29-19-11-20(24-13-23-19)31-22-25-16-8-4-6-10-18(16)30-22/h3-13H,1-2H3. The van der Waals surface area contributed by atoms with Crippen molar-refractivity contribution in [2.75, 3.05) is 14.2 Å². The molecule has 0 aliphatic heterocycles. The Bertz CT molecular complexity index is 1220. The van der Waals surface area contributed by atoms with Crippen molar-refractivity contribution in [3.8, 4) is 11.6 Å². The Balaban J connectivity index is 1.59. The number of benzene rings is 2. The molecule has 9 heteroatoms. The van der Waals surface area contributed by atoms with Crippen molar-refractivity contribution < 1.29 is 19.0 Å². The molecule has 0 saturated heterocycles. The summed E-state index contributed by atoms with van der Waals surface area (Å²) in [6.07, 6.45) is 2.75. The van der Waals surface area contributed by atoms with Gasteiger partial charge < -0.3 is 14.2 Å². The lowest BCUT2D eigenvalue weighted by Gasteiger charge is -2.12. The molecule has 0 atom stereocenters. The zero-order valence-corrected chi connectivity index (χ0v) is 18.3. The van der Waals surface area contributed by atoms with Gasteiger partial charge in [0.05, 0.1) is 30.7 Å². The molecule has 0 bridgehead atoms. The number of fused-ring (bicyclic) bond motifs is 1. The smallest absolute Gasteiger partial charge is 0.341 e. The van der Waals surface area contributed by atoms with Crippen LogP contribution in [-0.2, 0) is 14.3 Å². The Morgan fingerprint density at radius 1 is 1.06 bits per heavy atom. The summed E-state index contributed by atoms with van der Waals surface area (Å²) in [5, 5.41) is 0.696. The Morgan fingerprint density at radius 3 is 2.68 bits per heavy atom. The maximum Gasteiger partial charge on any atom is 0.341 e. The molecule has 0 fully saturated rings. The molecule has 4 aromatic rings. The number of ether oxygens (including phenoxy) is 3. The first-order valence-corrected chi connectivity index (χ1v) is 10.7. The molecule has 4 rings (SSSR count). The van der Waals surface area contributed by atoms with Gasteiger partial charge in [0.2, 0.25) is 5.88 Å². The predicted octanol–water partition coefficient (Wildman–Crippen LogP) is 5.19. The van der Waals surface area contributed by atoms with Crippen LogP contribution in [0, 0.1) is 0 Å². The molecule has 2 aromatic heterocycles. The number of esters is 1. The topological polar surface area (TPSA) is 83.4 Å². The molecule has 2 aromatic carbocycles. The van der Waals surface area contributed by atoms with Crippen LogP contribution < -0.4 is 4.74 Å². The number of thiazole rings is 1. The maximum absolute atomic E-state index is 12.2. The molecule has 31 heavy (non-hydrogen) atoms. The Morgan fingerprint density at radius 2 is 1.87 bits per heavy atom. The van der Waals surface area contributed by atoms with Crippen molar-refractivity contribution in [3.05, 3.63) is 72.8 Å². The van der Waals surface area contributed by atoms with Gasteiger partial charge in [0.1, 0.15) is 22.7 Å². The largest absolute Gasteiger partial charge is 0.503 e. The number of methoxy groups -OCH3 is 2. The van der Waals surface area contributed by atoms with Crippen LogP contribution >= 0.6 is 23.1 Å². The minimum Gasteiger partial charge on any atom is -0.503 e. The molecule has 156 valence electrons. The second-order valence-electron chi connectivity index (χ2n) is 6.10. The maximum atomic E-state index is 12.2. The number of nitrogens with zero attached hydrogens (tertiary/aromatic N) is 3.